The van der Waals surface area contributed by atoms with Crippen molar-refractivity contribution in [2.45, 2.75) is 5.94 Å². The zero-order chi connectivity index (χ0) is 5.82. The molecule has 42 valence electrons. The molecule has 0 aliphatic carbocycles. The second kappa shape index (κ2) is 2.77. The third kappa shape index (κ3) is 1.27. The van der Waals surface area contributed by atoms with E-state index in [1.165, 1.54) is 16.2 Å². The van der Waals surface area contributed by atoms with Gasteiger partial charge in [-0.05, 0) is 22.5 Å². The van der Waals surface area contributed by atoms with E-state index in [4.69, 9.17) is 0 Å². The van der Waals surface area contributed by atoms with Crippen LogP contribution in [0.25, 0.3) is 0 Å². The van der Waals surface area contributed by atoms with Gasteiger partial charge in [-0.2, -0.15) is 0 Å². The standard InChI is InChI=1S/C5H10BNSi/c8-5-6-3-1-2-4-7-6/h1-4,7H,5H2,8H3. The zero-order valence-corrected chi connectivity index (χ0v) is 7.09. The Morgan fingerprint density at radius 1 is 1.50 bits per heavy atom. The molecule has 0 fully saturated rings. The highest BCUT2D eigenvalue weighted by Crippen LogP contribution is 1.91. The van der Waals surface area contributed by atoms with Crippen molar-refractivity contribution >= 4 is 17.1 Å². The predicted octanol–water partition coefficient (Wildman–Crippen LogP) is -0.487. The lowest BCUT2D eigenvalue weighted by Gasteiger charge is -2.07. The van der Waals surface area contributed by atoms with Gasteiger partial charge < -0.3 is 5.23 Å². The summed E-state index contributed by atoms with van der Waals surface area (Å²) in [7, 11) is 1.28. The molecular formula is C5H10BNSi. The van der Waals surface area contributed by atoms with Gasteiger partial charge >= 0.3 is 0 Å². The minimum absolute atomic E-state index is 0.631. The van der Waals surface area contributed by atoms with Gasteiger partial charge in [0.1, 0.15) is 0 Å². The molecule has 1 aliphatic rings. The number of allylic oxidation sites excluding steroid dienone is 2. The Morgan fingerprint density at radius 2 is 2.38 bits per heavy atom. The Hall–Kier alpha value is -0.438. The minimum atomic E-state index is 0.631. The predicted molar refractivity (Wildman–Crippen MR) is 41.9 cm³/mol. The van der Waals surface area contributed by atoms with Crippen LogP contribution in [0.5, 0.6) is 0 Å². The molecule has 1 heterocycles. The summed E-state index contributed by atoms with van der Waals surface area (Å²) in [5, 5.41) is 3.24. The number of rotatable bonds is 1. The van der Waals surface area contributed by atoms with Gasteiger partial charge in [-0.1, -0.05) is 18.0 Å². The summed E-state index contributed by atoms with van der Waals surface area (Å²) in [6.45, 7) is 0.631. The van der Waals surface area contributed by atoms with Gasteiger partial charge in [-0.3, -0.25) is 0 Å². The number of hydrogen-bond donors (Lipinski definition) is 1. The lowest BCUT2D eigenvalue weighted by molar-refractivity contribution is 1.30. The van der Waals surface area contributed by atoms with E-state index >= 15 is 0 Å². The summed E-state index contributed by atoms with van der Waals surface area (Å²) in [5.41, 5.74) is 0. The molecule has 0 amide bonds. The van der Waals surface area contributed by atoms with Crippen LogP contribution in [0.4, 0.5) is 0 Å². The van der Waals surface area contributed by atoms with Crippen LogP contribution in [0.15, 0.2) is 24.3 Å². The van der Waals surface area contributed by atoms with E-state index in [-0.39, 0.29) is 0 Å². The van der Waals surface area contributed by atoms with Gasteiger partial charge in [0.05, 0.1) is 0 Å². The molecule has 1 rings (SSSR count). The second-order valence-corrected chi connectivity index (χ2v) is 2.74. The van der Waals surface area contributed by atoms with Crippen molar-refractivity contribution < 1.29 is 0 Å². The molecule has 0 atom stereocenters. The normalized spacial score (nSPS) is 16.8. The van der Waals surface area contributed by atoms with Crippen LogP contribution in [0.2, 0.25) is 5.94 Å². The summed E-state index contributed by atoms with van der Waals surface area (Å²) in [6.07, 6.45) is 6.12. The first-order chi connectivity index (χ1) is 3.93. The molecule has 0 saturated carbocycles. The molecule has 0 aromatic carbocycles. The van der Waals surface area contributed by atoms with Crippen molar-refractivity contribution in [3.05, 3.63) is 24.3 Å². The Bertz CT molecular complexity index is 122. The zero-order valence-electron chi connectivity index (χ0n) is 5.09. The highest BCUT2D eigenvalue weighted by molar-refractivity contribution is 6.68. The van der Waals surface area contributed by atoms with Gasteiger partial charge in [-0.25, -0.2) is 0 Å². The Labute approximate surface area is 53.4 Å². The fourth-order valence-corrected chi connectivity index (χ4v) is 1.25. The Kier molecular flexibility index (Phi) is 1.97. The average molecular weight is 123 g/mol. The van der Waals surface area contributed by atoms with Gasteiger partial charge in [0, 0.05) is 0 Å². The smallest absolute Gasteiger partial charge is 0.274 e. The van der Waals surface area contributed by atoms with E-state index in [1.807, 2.05) is 12.3 Å². The van der Waals surface area contributed by atoms with Gasteiger partial charge in [0.25, 0.3) is 6.85 Å². The third-order valence-corrected chi connectivity index (χ3v) is 2.18. The maximum absolute atomic E-state index is 3.24. The van der Waals surface area contributed by atoms with Crippen LogP contribution >= 0.6 is 0 Å². The monoisotopic (exact) mass is 123 g/mol. The van der Waals surface area contributed by atoms with Crippen LogP contribution in [-0.4, -0.2) is 17.1 Å². The summed E-state index contributed by atoms with van der Waals surface area (Å²) in [6, 6.07) is 0. The molecule has 0 aromatic heterocycles. The maximum Gasteiger partial charge on any atom is 0.274 e. The highest BCUT2D eigenvalue weighted by Gasteiger charge is 2.04. The molecular weight excluding hydrogens is 113 g/mol. The largest absolute Gasteiger partial charge is 0.431 e. The molecule has 0 unspecified atom stereocenters. The lowest BCUT2D eigenvalue weighted by atomic mass is 9.64. The molecule has 0 bridgehead atoms. The van der Waals surface area contributed by atoms with Crippen LogP contribution in [0.1, 0.15) is 0 Å². The summed E-state index contributed by atoms with van der Waals surface area (Å²) in [5.74, 6) is 3.51. The highest BCUT2D eigenvalue weighted by atomic mass is 28.1. The van der Waals surface area contributed by atoms with Gasteiger partial charge in [-0.15, -0.1) is 0 Å². The van der Waals surface area contributed by atoms with Crippen LogP contribution < -0.4 is 5.23 Å². The molecule has 0 aromatic rings. The van der Waals surface area contributed by atoms with E-state index in [0.29, 0.717) is 6.85 Å². The Balaban J connectivity index is 2.40. The Morgan fingerprint density at radius 3 is 2.75 bits per heavy atom. The topological polar surface area (TPSA) is 12.0 Å². The average Bonchev–Trinajstić information content (AvgIpc) is 1.90. The first-order valence-electron chi connectivity index (χ1n) is 3.03. The van der Waals surface area contributed by atoms with Crippen LogP contribution in [0, 0.1) is 0 Å². The first-order valence-corrected chi connectivity index (χ1v) is 4.44. The van der Waals surface area contributed by atoms with Crippen molar-refractivity contribution in [2.24, 2.45) is 0 Å². The summed E-state index contributed by atoms with van der Waals surface area (Å²) < 4.78 is 0. The second-order valence-electron chi connectivity index (χ2n) is 1.93. The minimum Gasteiger partial charge on any atom is -0.431 e. The van der Waals surface area contributed by atoms with E-state index in [2.05, 4.69) is 17.3 Å². The molecule has 1 N–H and O–H groups in total. The van der Waals surface area contributed by atoms with Gasteiger partial charge in [0.2, 0.25) is 0 Å². The molecule has 1 nitrogen and oxygen atoms in total. The third-order valence-electron chi connectivity index (χ3n) is 1.30. The van der Waals surface area contributed by atoms with Crippen molar-refractivity contribution in [1.82, 2.24) is 5.23 Å². The SMILES string of the molecule is [SiH3]CB1C=CC=CN1. The quantitative estimate of drug-likeness (QED) is 0.464. The van der Waals surface area contributed by atoms with Crippen molar-refractivity contribution in [2.75, 3.05) is 0 Å². The molecule has 0 saturated heterocycles. The maximum atomic E-state index is 3.24. The first kappa shape index (κ1) is 5.69. The molecule has 0 spiro atoms. The summed E-state index contributed by atoms with van der Waals surface area (Å²) in [4.78, 5) is 0. The van der Waals surface area contributed by atoms with Crippen molar-refractivity contribution in [3.8, 4) is 0 Å². The molecule has 8 heavy (non-hydrogen) atoms. The fourth-order valence-electron chi connectivity index (χ4n) is 0.742. The molecule has 0 radical (unpaired) electrons. The van der Waals surface area contributed by atoms with Gasteiger partial charge in [0.15, 0.2) is 0 Å². The van der Waals surface area contributed by atoms with E-state index in [1.54, 1.807) is 0 Å². The van der Waals surface area contributed by atoms with E-state index in [9.17, 15) is 0 Å². The molecule has 3 heteroatoms. The van der Waals surface area contributed by atoms with Crippen molar-refractivity contribution in [1.29, 1.82) is 0 Å². The fraction of sp³-hybridized carbons (Fsp3) is 0.200. The number of hydrogen-bond acceptors (Lipinski definition) is 1. The molecule has 1 aliphatic heterocycles. The van der Waals surface area contributed by atoms with Crippen molar-refractivity contribution in [3.63, 3.8) is 0 Å². The van der Waals surface area contributed by atoms with E-state index < -0.39 is 0 Å². The van der Waals surface area contributed by atoms with Crippen LogP contribution in [0.3, 0.4) is 0 Å². The summed E-state index contributed by atoms with van der Waals surface area (Å²) >= 11 is 0. The van der Waals surface area contributed by atoms with E-state index in [0.717, 1.165) is 0 Å². The lowest BCUT2D eigenvalue weighted by Crippen LogP contribution is -2.28. The number of nitrogens with one attached hydrogen (secondary N) is 1. The van der Waals surface area contributed by atoms with Crippen LogP contribution in [-0.2, 0) is 0 Å².